The Balaban J connectivity index is 1.87. The molecule has 2 heterocycles. The van der Waals surface area contributed by atoms with Gasteiger partial charge in [-0.3, -0.25) is 4.79 Å². The monoisotopic (exact) mass is 522 g/mol. The molecule has 0 atom stereocenters. The molecule has 0 bridgehead atoms. The Bertz CT molecular complexity index is 844. The largest absolute Gasteiger partial charge is 0.450 e. The summed E-state index contributed by atoms with van der Waals surface area (Å²) >= 11 is 12.8. The molecule has 0 unspecified atom stereocenters. The van der Waals surface area contributed by atoms with Gasteiger partial charge < -0.3 is 9.73 Å². The molecule has 1 fully saturated rings. The number of hydrogen-bond acceptors (Lipinski definition) is 4. The average Bonchev–Trinajstić information content (AvgIpc) is 2.99. The fourth-order valence-electron chi connectivity index (χ4n) is 1.87. The van der Waals surface area contributed by atoms with Crippen LogP contribution in [0.3, 0.4) is 0 Å². The maximum Gasteiger partial charge on any atom is 0.264 e. The van der Waals surface area contributed by atoms with Crippen molar-refractivity contribution in [2.24, 2.45) is 4.99 Å². The van der Waals surface area contributed by atoms with Gasteiger partial charge in [0.2, 0.25) is 0 Å². The molecular formula is C15H9BrClIN2O2S. The number of carbonyl (C=O) groups excluding carboxylic acids is 1. The lowest BCUT2D eigenvalue weighted by Gasteiger charge is -2.02. The van der Waals surface area contributed by atoms with Gasteiger partial charge in [-0.1, -0.05) is 17.7 Å². The van der Waals surface area contributed by atoms with Crippen LogP contribution in [0.2, 0.25) is 5.02 Å². The number of thioether (sulfide) groups is 1. The number of hydrogen-bond donors (Lipinski definition) is 1. The number of nitrogens with zero attached hydrogens (tertiary/aromatic N) is 1. The molecule has 4 nitrogen and oxygen atoms in total. The maximum absolute atomic E-state index is 12.1. The van der Waals surface area contributed by atoms with Crippen molar-refractivity contribution in [3.63, 3.8) is 0 Å². The van der Waals surface area contributed by atoms with Gasteiger partial charge in [-0.2, -0.15) is 0 Å². The predicted octanol–water partition coefficient (Wildman–Crippen LogP) is 5.50. The van der Waals surface area contributed by atoms with E-state index in [2.05, 4.69) is 48.8 Å². The summed E-state index contributed by atoms with van der Waals surface area (Å²) in [6.07, 6.45) is 1.69. The van der Waals surface area contributed by atoms with Gasteiger partial charge in [-0.25, -0.2) is 4.99 Å². The number of amides is 1. The van der Waals surface area contributed by atoms with Gasteiger partial charge in [-0.05, 0) is 58.4 Å². The van der Waals surface area contributed by atoms with Crippen LogP contribution < -0.4 is 5.32 Å². The molecule has 3 rings (SSSR count). The topological polar surface area (TPSA) is 54.6 Å². The zero-order chi connectivity index (χ0) is 16.6. The molecule has 118 valence electrons. The highest BCUT2D eigenvalue weighted by molar-refractivity contribution is 14.1. The summed E-state index contributed by atoms with van der Waals surface area (Å²) in [5.74, 6) is 0.412. The fourth-order valence-corrected chi connectivity index (χ4v) is 3.57. The second kappa shape index (κ2) is 7.00. The molecule has 23 heavy (non-hydrogen) atoms. The Labute approximate surface area is 164 Å². The number of benzene rings is 1. The molecule has 0 saturated carbocycles. The molecule has 0 spiro atoms. The molecule has 1 aromatic carbocycles. The minimum atomic E-state index is -0.198. The van der Waals surface area contributed by atoms with Gasteiger partial charge in [0.25, 0.3) is 5.91 Å². The summed E-state index contributed by atoms with van der Waals surface area (Å²) in [6.45, 7) is 1.89. The molecule has 1 aliphatic rings. The number of aliphatic imine (C=N–C) groups is 1. The second-order valence-corrected chi connectivity index (χ2v) is 7.91. The number of furan rings is 1. The second-order valence-electron chi connectivity index (χ2n) is 4.64. The first-order valence-corrected chi connectivity index (χ1v) is 9.50. The summed E-state index contributed by atoms with van der Waals surface area (Å²) in [5.41, 5.74) is 1.61. The number of rotatable bonds is 2. The highest BCUT2D eigenvalue weighted by Gasteiger charge is 2.24. The number of halogens is 3. The zero-order valence-corrected chi connectivity index (χ0v) is 17.0. The molecule has 2 aromatic rings. The van der Waals surface area contributed by atoms with Crippen LogP contribution in [0.15, 0.2) is 43.1 Å². The van der Waals surface area contributed by atoms with Crippen LogP contribution in [0.1, 0.15) is 11.3 Å². The third kappa shape index (κ3) is 3.84. The van der Waals surface area contributed by atoms with Gasteiger partial charge in [0.1, 0.15) is 5.76 Å². The lowest BCUT2D eigenvalue weighted by molar-refractivity contribution is -0.115. The predicted molar refractivity (Wildman–Crippen MR) is 106 cm³/mol. The quantitative estimate of drug-likeness (QED) is 0.418. The van der Waals surface area contributed by atoms with Gasteiger partial charge >= 0.3 is 0 Å². The van der Waals surface area contributed by atoms with Crippen LogP contribution in [0.5, 0.6) is 0 Å². The van der Waals surface area contributed by atoms with Crippen molar-refractivity contribution < 1.29 is 9.21 Å². The van der Waals surface area contributed by atoms with E-state index in [-0.39, 0.29) is 5.91 Å². The van der Waals surface area contributed by atoms with E-state index in [0.29, 0.717) is 20.9 Å². The van der Waals surface area contributed by atoms with E-state index >= 15 is 0 Å². The Morgan fingerprint density at radius 2 is 2.26 bits per heavy atom. The molecule has 0 radical (unpaired) electrons. The van der Waals surface area contributed by atoms with Crippen molar-refractivity contribution in [1.29, 1.82) is 0 Å². The van der Waals surface area contributed by atoms with Crippen LogP contribution in [-0.4, -0.2) is 11.1 Å². The lowest BCUT2D eigenvalue weighted by Crippen LogP contribution is -2.19. The van der Waals surface area contributed by atoms with E-state index < -0.39 is 0 Å². The van der Waals surface area contributed by atoms with Crippen molar-refractivity contribution in [2.45, 2.75) is 6.92 Å². The summed E-state index contributed by atoms with van der Waals surface area (Å²) in [6, 6.07) is 7.31. The van der Waals surface area contributed by atoms with Crippen molar-refractivity contribution in [3.8, 4) is 0 Å². The van der Waals surface area contributed by atoms with Crippen molar-refractivity contribution in [1.82, 2.24) is 5.32 Å². The molecule has 8 heteroatoms. The minimum absolute atomic E-state index is 0.198. The first-order valence-electron chi connectivity index (χ1n) is 6.43. The van der Waals surface area contributed by atoms with Crippen LogP contribution in [0.4, 0.5) is 5.69 Å². The molecule has 1 amide bonds. The third-order valence-electron chi connectivity index (χ3n) is 3.05. The van der Waals surface area contributed by atoms with E-state index in [1.165, 1.54) is 11.8 Å². The molecule has 1 aliphatic heterocycles. The SMILES string of the molecule is Cc1c(Cl)cccc1N=C1NC(=O)/C(=C/c2cc(Br)c(I)o2)S1. The van der Waals surface area contributed by atoms with E-state index in [9.17, 15) is 4.79 Å². The Morgan fingerprint density at radius 1 is 1.48 bits per heavy atom. The van der Waals surface area contributed by atoms with E-state index in [1.807, 2.05) is 31.2 Å². The first-order chi connectivity index (χ1) is 10.9. The standard InChI is InChI=1S/C15H9BrClIN2O2S/c1-7-10(17)3-2-4-11(7)19-15-20-14(21)12(23-15)6-8-5-9(16)13(18)22-8/h2-6H,1H3,(H,19,20,21)/b12-6-. The van der Waals surface area contributed by atoms with Crippen molar-refractivity contribution in [3.05, 3.63) is 53.8 Å². The molecule has 1 N–H and O–H groups in total. The first kappa shape index (κ1) is 17.1. The minimum Gasteiger partial charge on any atom is -0.450 e. The highest BCUT2D eigenvalue weighted by atomic mass is 127. The Kier molecular flexibility index (Phi) is 5.19. The Morgan fingerprint density at radius 3 is 2.96 bits per heavy atom. The molecule has 1 saturated heterocycles. The molecule has 1 aromatic heterocycles. The van der Waals surface area contributed by atoms with E-state index in [1.54, 1.807) is 6.08 Å². The summed E-state index contributed by atoms with van der Waals surface area (Å²) in [4.78, 5) is 17.1. The zero-order valence-electron chi connectivity index (χ0n) is 11.7. The van der Waals surface area contributed by atoms with Gasteiger partial charge in [0.05, 0.1) is 15.1 Å². The van der Waals surface area contributed by atoms with Gasteiger partial charge in [-0.15, -0.1) is 0 Å². The van der Waals surface area contributed by atoms with Crippen LogP contribution in [0.25, 0.3) is 6.08 Å². The van der Waals surface area contributed by atoms with E-state index in [0.717, 1.165) is 19.5 Å². The Hall–Kier alpha value is -0.770. The summed E-state index contributed by atoms with van der Waals surface area (Å²) in [7, 11) is 0. The van der Waals surface area contributed by atoms with Gasteiger partial charge in [0, 0.05) is 33.7 Å². The molecule has 0 aliphatic carbocycles. The van der Waals surface area contributed by atoms with Crippen LogP contribution >= 0.6 is 61.9 Å². The number of nitrogens with one attached hydrogen (secondary N) is 1. The number of amidine groups is 1. The normalized spacial score (nSPS) is 18.0. The smallest absolute Gasteiger partial charge is 0.264 e. The fraction of sp³-hybridized carbons (Fsp3) is 0.0667. The average molecular weight is 524 g/mol. The van der Waals surface area contributed by atoms with Crippen LogP contribution in [0, 0.1) is 10.7 Å². The van der Waals surface area contributed by atoms with Gasteiger partial charge in [0.15, 0.2) is 8.93 Å². The van der Waals surface area contributed by atoms with E-state index in [4.69, 9.17) is 16.0 Å². The summed E-state index contributed by atoms with van der Waals surface area (Å²) in [5, 5.41) is 3.91. The highest BCUT2D eigenvalue weighted by Crippen LogP contribution is 2.32. The number of carbonyl (C=O) groups is 1. The third-order valence-corrected chi connectivity index (χ3v) is 6.50. The molecular weight excluding hydrogens is 515 g/mol. The van der Waals surface area contributed by atoms with Crippen molar-refractivity contribution >= 4 is 84.7 Å². The van der Waals surface area contributed by atoms with Crippen LogP contribution in [-0.2, 0) is 4.79 Å². The van der Waals surface area contributed by atoms with Crippen molar-refractivity contribution in [2.75, 3.05) is 0 Å². The maximum atomic E-state index is 12.1. The lowest BCUT2D eigenvalue weighted by atomic mass is 10.2. The summed E-state index contributed by atoms with van der Waals surface area (Å²) < 4.78 is 7.12.